The van der Waals surface area contributed by atoms with E-state index in [0.29, 0.717) is 30.1 Å². The summed E-state index contributed by atoms with van der Waals surface area (Å²) in [7, 11) is 1.45. The van der Waals surface area contributed by atoms with Gasteiger partial charge in [0.15, 0.2) is 0 Å². The van der Waals surface area contributed by atoms with Crippen LogP contribution in [-0.2, 0) is 0 Å². The molecule has 0 aromatic heterocycles. The van der Waals surface area contributed by atoms with E-state index in [1.807, 2.05) is 0 Å². The summed E-state index contributed by atoms with van der Waals surface area (Å²) in [4.78, 5) is 1.36. The van der Waals surface area contributed by atoms with E-state index in [4.69, 9.17) is 10.5 Å². The number of nitrogens with zero attached hydrogens (tertiary/aromatic N) is 1. The van der Waals surface area contributed by atoms with Gasteiger partial charge in [0.25, 0.3) is 0 Å². The number of hydrogen-bond acceptors (Lipinski definition) is 3. The second-order valence-electron chi connectivity index (χ2n) is 4.32. The highest BCUT2D eigenvalue weighted by Gasteiger charge is 2.46. The van der Waals surface area contributed by atoms with Gasteiger partial charge in [0.2, 0.25) is 0 Å². The van der Waals surface area contributed by atoms with Crippen molar-refractivity contribution in [2.45, 2.75) is 25.1 Å². The summed E-state index contributed by atoms with van der Waals surface area (Å²) in [6, 6.07) is 3.31. The Morgan fingerprint density at radius 1 is 1.39 bits per heavy atom. The number of hydrogen-bond donors (Lipinski definition) is 1. The number of benzene rings is 1. The molecule has 1 aliphatic rings. The van der Waals surface area contributed by atoms with Crippen LogP contribution in [-0.4, -0.2) is 25.9 Å². The Kier molecular flexibility index (Phi) is 3.28. The first kappa shape index (κ1) is 12.9. The van der Waals surface area contributed by atoms with Crippen LogP contribution in [0, 0.1) is 0 Å². The van der Waals surface area contributed by atoms with Crippen LogP contribution >= 0.6 is 0 Å². The van der Waals surface area contributed by atoms with Gasteiger partial charge in [-0.3, -0.25) is 0 Å². The minimum atomic E-state index is -4.20. The lowest BCUT2D eigenvalue weighted by molar-refractivity contribution is -0.145. The first-order chi connectivity index (χ1) is 8.43. The fourth-order valence-electron chi connectivity index (χ4n) is 2.29. The van der Waals surface area contributed by atoms with Crippen LogP contribution in [0.5, 0.6) is 5.75 Å². The molecule has 1 aromatic carbocycles. The molecule has 1 atom stereocenters. The van der Waals surface area contributed by atoms with Gasteiger partial charge in [-0.05, 0) is 25.0 Å². The number of methoxy groups -OCH3 is 1. The summed E-state index contributed by atoms with van der Waals surface area (Å²) < 4.78 is 43.6. The predicted molar refractivity (Wildman–Crippen MR) is 63.8 cm³/mol. The largest absolute Gasteiger partial charge is 0.495 e. The second kappa shape index (κ2) is 4.59. The lowest BCUT2D eigenvalue weighted by atomic mass is 10.2. The van der Waals surface area contributed by atoms with Crippen LogP contribution in [0.2, 0.25) is 0 Å². The number of nitrogen functional groups attached to an aromatic ring is 1. The lowest BCUT2D eigenvalue weighted by Crippen LogP contribution is -2.41. The first-order valence-electron chi connectivity index (χ1n) is 5.70. The van der Waals surface area contributed by atoms with Gasteiger partial charge in [0.1, 0.15) is 11.8 Å². The standard InChI is InChI=1S/C12H15F3N2O/c1-18-10-7-8(4-5-9(10)16)17-6-2-3-11(17)12(13,14)15/h4-5,7,11H,2-3,6,16H2,1H3. The molecule has 2 rings (SSSR count). The van der Waals surface area contributed by atoms with Crippen molar-refractivity contribution in [3.63, 3.8) is 0 Å². The summed E-state index contributed by atoms with van der Waals surface area (Å²) in [5, 5.41) is 0. The van der Waals surface area contributed by atoms with E-state index in [1.165, 1.54) is 12.0 Å². The highest BCUT2D eigenvalue weighted by molar-refractivity contribution is 5.63. The third-order valence-electron chi connectivity index (χ3n) is 3.18. The number of rotatable bonds is 2. The molecule has 0 radical (unpaired) electrons. The number of anilines is 2. The zero-order valence-electron chi connectivity index (χ0n) is 10.00. The molecule has 1 heterocycles. The van der Waals surface area contributed by atoms with E-state index in [9.17, 15) is 13.2 Å². The molecule has 18 heavy (non-hydrogen) atoms. The minimum Gasteiger partial charge on any atom is -0.495 e. The van der Waals surface area contributed by atoms with E-state index in [-0.39, 0.29) is 6.42 Å². The van der Waals surface area contributed by atoms with Crippen LogP contribution in [0.25, 0.3) is 0 Å². The van der Waals surface area contributed by atoms with Crippen molar-refractivity contribution in [3.05, 3.63) is 18.2 Å². The Morgan fingerprint density at radius 2 is 2.11 bits per heavy atom. The Labute approximate surface area is 103 Å². The van der Waals surface area contributed by atoms with Crippen LogP contribution < -0.4 is 15.4 Å². The molecule has 3 nitrogen and oxygen atoms in total. The van der Waals surface area contributed by atoms with Crippen molar-refractivity contribution in [2.75, 3.05) is 24.3 Å². The Bertz CT molecular complexity index is 434. The molecule has 0 amide bonds. The van der Waals surface area contributed by atoms with Gasteiger partial charge in [-0.2, -0.15) is 13.2 Å². The molecule has 2 N–H and O–H groups in total. The Balaban J connectivity index is 2.30. The predicted octanol–water partition coefficient (Wildman–Crippen LogP) is 2.81. The van der Waals surface area contributed by atoms with Crippen molar-refractivity contribution in [3.8, 4) is 5.75 Å². The van der Waals surface area contributed by atoms with E-state index in [0.717, 1.165) is 0 Å². The maximum atomic E-state index is 12.9. The number of alkyl halides is 3. The summed E-state index contributed by atoms with van der Waals surface area (Å²) in [6.45, 7) is 0.400. The van der Waals surface area contributed by atoms with E-state index in [2.05, 4.69) is 0 Å². The smallest absolute Gasteiger partial charge is 0.408 e. The first-order valence-corrected chi connectivity index (χ1v) is 5.70. The monoisotopic (exact) mass is 260 g/mol. The van der Waals surface area contributed by atoms with E-state index >= 15 is 0 Å². The highest BCUT2D eigenvalue weighted by Crippen LogP contribution is 2.37. The normalized spacial score (nSPS) is 20.2. The maximum absolute atomic E-state index is 12.9. The molecule has 6 heteroatoms. The van der Waals surface area contributed by atoms with Crippen molar-refractivity contribution >= 4 is 11.4 Å². The summed E-state index contributed by atoms with van der Waals surface area (Å²) in [6.07, 6.45) is -3.53. The molecular weight excluding hydrogens is 245 g/mol. The summed E-state index contributed by atoms with van der Waals surface area (Å²) >= 11 is 0. The van der Waals surface area contributed by atoms with Crippen molar-refractivity contribution in [1.29, 1.82) is 0 Å². The average molecular weight is 260 g/mol. The second-order valence-corrected chi connectivity index (χ2v) is 4.32. The van der Waals surface area contributed by atoms with Crippen LogP contribution in [0.1, 0.15) is 12.8 Å². The van der Waals surface area contributed by atoms with Crippen molar-refractivity contribution in [1.82, 2.24) is 0 Å². The van der Waals surface area contributed by atoms with Gasteiger partial charge in [-0.25, -0.2) is 0 Å². The molecule has 0 saturated carbocycles. The van der Waals surface area contributed by atoms with Crippen LogP contribution in [0.15, 0.2) is 18.2 Å². The van der Waals surface area contributed by atoms with Crippen LogP contribution in [0.4, 0.5) is 24.5 Å². The van der Waals surface area contributed by atoms with E-state index in [1.54, 1.807) is 18.2 Å². The van der Waals surface area contributed by atoms with E-state index < -0.39 is 12.2 Å². The highest BCUT2D eigenvalue weighted by atomic mass is 19.4. The SMILES string of the molecule is COc1cc(N2CCCC2C(F)(F)F)ccc1N. The zero-order chi connectivity index (χ0) is 13.3. The molecule has 100 valence electrons. The molecular formula is C12H15F3N2O. The third kappa shape index (κ3) is 2.32. The zero-order valence-corrected chi connectivity index (χ0v) is 10.00. The fraction of sp³-hybridized carbons (Fsp3) is 0.500. The third-order valence-corrected chi connectivity index (χ3v) is 3.18. The number of halogens is 3. The van der Waals surface area contributed by atoms with Gasteiger partial charge >= 0.3 is 6.18 Å². The van der Waals surface area contributed by atoms with Gasteiger partial charge in [-0.1, -0.05) is 0 Å². The molecule has 0 bridgehead atoms. The van der Waals surface area contributed by atoms with Gasteiger partial charge in [0, 0.05) is 18.3 Å². The van der Waals surface area contributed by atoms with Crippen LogP contribution in [0.3, 0.4) is 0 Å². The van der Waals surface area contributed by atoms with Gasteiger partial charge in [0.05, 0.1) is 12.8 Å². The van der Waals surface area contributed by atoms with Gasteiger partial charge in [-0.15, -0.1) is 0 Å². The minimum absolute atomic E-state index is 0.135. The summed E-state index contributed by atoms with van der Waals surface area (Å²) in [5.74, 6) is 0.403. The van der Waals surface area contributed by atoms with Crippen molar-refractivity contribution < 1.29 is 17.9 Å². The molecule has 1 unspecified atom stereocenters. The molecule has 1 saturated heterocycles. The number of nitrogens with two attached hydrogens (primary N) is 1. The number of ether oxygens (including phenoxy) is 1. The maximum Gasteiger partial charge on any atom is 0.408 e. The summed E-state index contributed by atoms with van der Waals surface area (Å²) in [5.41, 5.74) is 6.57. The Hall–Kier alpha value is -1.59. The van der Waals surface area contributed by atoms with Crippen molar-refractivity contribution in [2.24, 2.45) is 0 Å². The quantitative estimate of drug-likeness (QED) is 0.831. The molecule has 0 aliphatic carbocycles. The fourth-order valence-corrected chi connectivity index (χ4v) is 2.29. The lowest BCUT2D eigenvalue weighted by Gasteiger charge is -2.28. The topological polar surface area (TPSA) is 38.5 Å². The van der Waals surface area contributed by atoms with Gasteiger partial charge < -0.3 is 15.4 Å². The molecule has 0 spiro atoms. The average Bonchev–Trinajstić information content (AvgIpc) is 2.78. The molecule has 1 aliphatic heterocycles. The Morgan fingerprint density at radius 3 is 2.72 bits per heavy atom. The molecule has 1 fully saturated rings. The molecule has 1 aromatic rings.